The Bertz CT molecular complexity index is 456. The highest BCUT2D eigenvalue weighted by atomic mass is 16.2. The summed E-state index contributed by atoms with van der Waals surface area (Å²) >= 11 is 0. The molecule has 0 saturated carbocycles. The molecule has 1 aliphatic rings. The lowest BCUT2D eigenvalue weighted by Crippen LogP contribution is -2.44. The standard InChI is InChI=1S/C13H17N3O2/c14-10-5-3-9(4-6-10)8-12(17)16-7-1-2-11(16)13(15)18/h3-6,11H,1-2,7-8,14H2,(H2,15,18). The van der Waals surface area contributed by atoms with Crippen molar-refractivity contribution in [3.8, 4) is 0 Å². The highest BCUT2D eigenvalue weighted by molar-refractivity contribution is 5.88. The lowest BCUT2D eigenvalue weighted by atomic mass is 10.1. The maximum absolute atomic E-state index is 12.1. The van der Waals surface area contributed by atoms with Gasteiger partial charge in [0.25, 0.3) is 0 Å². The summed E-state index contributed by atoms with van der Waals surface area (Å²) in [6.07, 6.45) is 1.79. The number of carbonyl (C=O) groups excluding carboxylic acids is 2. The van der Waals surface area contributed by atoms with E-state index in [1.165, 1.54) is 0 Å². The lowest BCUT2D eigenvalue weighted by molar-refractivity contribution is -0.136. The third-order valence-corrected chi connectivity index (χ3v) is 3.24. The minimum absolute atomic E-state index is 0.0546. The molecule has 1 atom stereocenters. The average molecular weight is 247 g/mol. The first kappa shape index (κ1) is 12.4. The third-order valence-electron chi connectivity index (χ3n) is 3.24. The number of hydrogen-bond acceptors (Lipinski definition) is 3. The van der Waals surface area contributed by atoms with Crippen molar-refractivity contribution in [2.24, 2.45) is 5.73 Å². The molecule has 0 spiro atoms. The number of nitrogens with two attached hydrogens (primary N) is 2. The number of primary amides is 1. The normalized spacial score (nSPS) is 18.9. The van der Waals surface area contributed by atoms with E-state index < -0.39 is 11.9 Å². The van der Waals surface area contributed by atoms with Crippen molar-refractivity contribution >= 4 is 17.5 Å². The molecule has 1 aromatic rings. The topological polar surface area (TPSA) is 89.4 Å². The molecule has 18 heavy (non-hydrogen) atoms. The molecule has 1 heterocycles. The SMILES string of the molecule is NC(=O)C1CCCN1C(=O)Cc1ccc(N)cc1. The van der Waals surface area contributed by atoms with Crippen LogP contribution in [-0.4, -0.2) is 29.3 Å². The first-order chi connectivity index (χ1) is 8.58. The molecule has 1 aromatic carbocycles. The fraction of sp³-hybridized carbons (Fsp3) is 0.385. The van der Waals surface area contributed by atoms with Crippen LogP contribution < -0.4 is 11.5 Å². The Kier molecular flexibility index (Phi) is 3.50. The summed E-state index contributed by atoms with van der Waals surface area (Å²) in [5.74, 6) is -0.473. The Morgan fingerprint density at radius 1 is 1.28 bits per heavy atom. The number of benzene rings is 1. The Balaban J connectivity index is 2.03. The van der Waals surface area contributed by atoms with Gasteiger partial charge in [0, 0.05) is 12.2 Å². The molecule has 2 rings (SSSR count). The van der Waals surface area contributed by atoms with Crippen LogP contribution in [0.25, 0.3) is 0 Å². The maximum atomic E-state index is 12.1. The molecule has 0 aliphatic carbocycles. The van der Waals surface area contributed by atoms with Gasteiger partial charge in [0.05, 0.1) is 6.42 Å². The van der Waals surface area contributed by atoms with Gasteiger partial charge in [-0.25, -0.2) is 0 Å². The number of nitrogens with zero attached hydrogens (tertiary/aromatic N) is 1. The zero-order valence-corrected chi connectivity index (χ0v) is 10.1. The fourth-order valence-corrected chi connectivity index (χ4v) is 2.27. The molecule has 5 heteroatoms. The number of amides is 2. The molecule has 4 N–H and O–H groups in total. The van der Waals surface area contributed by atoms with Crippen LogP contribution >= 0.6 is 0 Å². The first-order valence-corrected chi connectivity index (χ1v) is 6.01. The van der Waals surface area contributed by atoms with Crippen molar-refractivity contribution in [3.05, 3.63) is 29.8 Å². The summed E-state index contributed by atoms with van der Waals surface area (Å²) in [5, 5.41) is 0. The quantitative estimate of drug-likeness (QED) is 0.752. The molecule has 2 amide bonds. The number of anilines is 1. The van der Waals surface area contributed by atoms with Crippen LogP contribution in [0, 0.1) is 0 Å². The molecule has 0 bridgehead atoms. The number of carbonyl (C=O) groups is 2. The van der Waals surface area contributed by atoms with Gasteiger partial charge >= 0.3 is 0 Å². The number of nitrogen functional groups attached to an aromatic ring is 1. The van der Waals surface area contributed by atoms with Crippen LogP contribution in [0.5, 0.6) is 0 Å². The summed E-state index contributed by atoms with van der Waals surface area (Å²) in [6, 6.07) is 6.73. The van der Waals surface area contributed by atoms with E-state index in [1.54, 1.807) is 17.0 Å². The average Bonchev–Trinajstić information content (AvgIpc) is 2.81. The molecular formula is C13H17N3O2. The fourth-order valence-electron chi connectivity index (χ4n) is 2.27. The summed E-state index contributed by atoms with van der Waals surface area (Å²) in [5.41, 5.74) is 12.4. The molecule has 96 valence electrons. The van der Waals surface area contributed by atoms with E-state index in [1.807, 2.05) is 12.1 Å². The van der Waals surface area contributed by atoms with Gasteiger partial charge in [0.2, 0.25) is 11.8 Å². The number of rotatable bonds is 3. The molecule has 1 aliphatic heterocycles. The van der Waals surface area contributed by atoms with Gasteiger partial charge in [0.15, 0.2) is 0 Å². The molecule has 5 nitrogen and oxygen atoms in total. The number of hydrogen-bond donors (Lipinski definition) is 2. The highest BCUT2D eigenvalue weighted by Crippen LogP contribution is 2.18. The van der Waals surface area contributed by atoms with Crippen LogP contribution in [0.1, 0.15) is 18.4 Å². The second-order valence-corrected chi connectivity index (χ2v) is 4.57. The van der Waals surface area contributed by atoms with Crippen molar-refractivity contribution in [3.63, 3.8) is 0 Å². The number of likely N-dealkylation sites (tertiary alicyclic amines) is 1. The highest BCUT2D eigenvalue weighted by Gasteiger charge is 2.32. The van der Waals surface area contributed by atoms with Crippen LogP contribution in [0.2, 0.25) is 0 Å². The molecule has 1 unspecified atom stereocenters. The van der Waals surface area contributed by atoms with Crippen molar-refractivity contribution < 1.29 is 9.59 Å². The lowest BCUT2D eigenvalue weighted by Gasteiger charge is -2.22. The monoisotopic (exact) mass is 247 g/mol. The zero-order valence-electron chi connectivity index (χ0n) is 10.1. The summed E-state index contributed by atoms with van der Waals surface area (Å²) in [4.78, 5) is 24.9. The van der Waals surface area contributed by atoms with E-state index in [-0.39, 0.29) is 12.3 Å². The van der Waals surface area contributed by atoms with Gasteiger partial charge in [-0.2, -0.15) is 0 Å². The largest absolute Gasteiger partial charge is 0.399 e. The third kappa shape index (κ3) is 2.61. The molecular weight excluding hydrogens is 230 g/mol. The van der Waals surface area contributed by atoms with Crippen molar-refractivity contribution in [1.29, 1.82) is 0 Å². The Morgan fingerprint density at radius 3 is 2.56 bits per heavy atom. The summed E-state index contributed by atoms with van der Waals surface area (Å²) in [7, 11) is 0. The van der Waals surface area contributed by atoms with Gasteiger partial charge in [-0.15, -0.1) is 0 Å². The van der Waals surface area contributed by atoms with E-state index in [4.69, 9.17) is 11.5 Å². The van der Waals surface area contributed by atoms with E-state index in [9.17, 15) is 9.59 Å². The van der Waals surface area contributed by atoms with Gasteiger partial charge < -0.3 is 16.4 Å². The second-order valence-electron chi connectivity index (χ2n) is 4.57. The van der Waals surface area contributed by atoms with Crippen LogP contribution in [0.15, 0.2) is 24.3 Å². The van der Waals surface area contributed by atoms with Crippen molar-refractivity contribution in [1.82, 2.24) is 4.90 Å². The van der Waals surface area contributed by atoms with E-state index in [0.29, 0.717) is 18.7 Å². The summed E-state index contributed by atoms with van der Waals surface area (Å²) < 4.78 is 0. The van der Waals surface area contributed by atoms with E-state index >= 15 is 0 Å². The van der Waals surface area contributed by atoms with E-state index in [2.05, 4.69) is 0 Å². The van der Waals surface area contributed by atoms with Crippen molar-refractivity contribution in [2.75, 3.05) is 12.3 Å². The smallest absolute Gasteiger partial charge is 0.240 e. The molecule has 0 aromatic heterocycles. The Hall–Kier alpha value is -2.04. The van der Waals surface area contributed by atoms with Crippen LogP contribution in [-0.2, 0) is 16.0 Å². The minimum atomic E-state index is -0.439. The van der Waals surface area contributed by atoms with Gasteiger partial charge in [-0.3, -0.25) is 9.59 Å². The maximum Gasteiger partial charge on any atom is 0.240 e. The predicted octanol–water partition coefficient (Wildman–Crippen LogP) is 0.288. The van der Waals surface area contributed by atoms with Crippen molar-refractivity contribution in [2.45, 2.75) is 25.3 Å². The van der Waals surface area contributed by atoms with Gasteiger partial charge in [-0.1, -0.05) is 12.1 Å². The molecule has 1 fully saturated rings. The Labute approximate surface area is 106 Å². The molecule has 1 saturated heterocycles. The first-order valence-electron chi connectivity index (χ1n) is 6.01. The van der Waals surface area contributed by atoms with Crippen LogP contribution in [0.3, 0.4) is 0 Å². The zero-order chi connectivity index (χ0) is 13.1. The molecule has 0 radical (unpaired) electrons. The Morgan fingerprint density at radius 2 is 1.94 bits per heavy atom. The van der Waals surface area contributed by atoms with Crippen LogP contribution in [0.4, 0.5) is 5.69 Å². The second kappa shape index (κ2) is 5.08. The summed E-state index contributed by atoms with van der Waals surface area (Å²) in [6.45, 7) is 0.613. The predicted molar refractivity (Wildman–Crippen MR) is 68.5 cm³/mol. The van der Waals surface area contributed by atoms with Gasteiger partial charge in [0.1, 0.15) is 6.04 Å². The minimum Gasteiger partial charge on any atom is -0.399 e. The van der Waals surface area contributed by atoms with E-state index in [0.717, 1.165) is 12.0 Å². The van der Waals surface area contributed by atoms with Gasteiger partial charge in [-0.05, 0) is 30.5 Å².